The molecule has 0 amide bonds. The smallest absolute Gasteiger partial charge is 0.263 e. The van der Waals surface area contributed by atoms with Crippen molar-refractivity contribution >= 4 is 21.5 Å². The maximum Gasteiger partial charge on any atom is 0.263 e. The molecule has 9 heteroatoms. The normalized spacial score (nSPS) is 15.4. The van der Waals surface area contributed by atoms with Crippen LogP contribution >= 0.6 is 0 Å². The van der Waals surface area contributed by atoms with Crippen molar-refractivity contribution in [2.75, 3.05) is 35.9 Å². The molecule has 3 rings (SSSR count). The SMILES string of the molecule is O=S(=O)(Nc1ccc(N2CCOCC2)cn1)c1ccc(C(F)F)cc1. The van der Waals surface area contributed by atoms with Gasteiger partial charge in [0, 0.05) is 18.7 Å². The molecule has 25 heavy (non-hydrogen) atoms. The second kappa shape index (κ2) is 7.32. The van der Waals surface area contributed by atoms with E-state index in [1.807, 2.05) is 0 Å². The zero-order chi connectivity index (χ0) is 17.9. The van der Waals surface area contributed by atoms with E-state index in [0.29, 0.717) is 13.2 Å². The first kappa shape index (κ1) is 17.6. The van der Waals surface area contributed by atoms with Crippen molar-refractivity contribution in [1.82, 2.24) is 4.98 Å². The summed E-state index contributed by atoms with van der Waals surface area (Å²) >= 11 is 0. The van der Waals surface area contributed by atoms with Crippen molar-refractivity contribution < 1.29 is 21.9 Å². The molecule has 0 spiro atoms. The number of hydrogen-bond donors (Lipinski definition) is 1. The summed E-state index contributed by atoms with van der Waals surface area (Å²) in [7, 11) is -3.88. The minimum absolute atomic E-state index is 0.101. The number of alkyl halides is 2. The average molecular weight is 369 g/mol. The molecule has 1 N–H and O–H groups in total. The predicted octanol–water partition coefficient (Wildman–Crippen LogP) is 2.66. The van der Waals surface area contributed by atoms with Crippen LogP contribution in [0.5, 0.6) is 0 Å². The van der Waals surface area contributed by atoms with Crippen LogP contribution in [0.2, 0.25) is 0 Å². The van der Waals surface area contributed by atoms with Crippen molar-refractivity contribution in [2.24, 2.45) is 0 Å². The zero-order valence-corrected chi connectivity index (χ0v) is 14.0. The molecule has 0 aliphatic carbocycles. The Hall–Kier alpha value is -2.26. The lowest BCUT2D eigenvalue weighted by atomic mass is 10.2. The van der Waals surface area contributed by atoms with Gasteiger partial charge in [0.25, 0.3) is 16.4 Å². The number of anilines is 2. The standard InChI is InChI=1S/C16H17F2N3O3S/c17-16(18)12-1-4-14(5-2-12)25(22,23)20-15-6-3-13(11-19-15)21-7-9-24-10-8-21/h1-6,11,16H,7-10H2,(H,19,20). The molecule has 1 aliphatic heterocycles. The van der Waals surface area contributed by atoms with E-state index in [4.69, 9.17) is 4.74 Å². The third-order valence-electron chi connectivity index (χ3n) is 3.81. The van der Waals surface area contributed by atoms with Gasteiger partial charge in [-0.3, -0.25) is 4.72 Å². The number of ether oxygens (including phenoxy) is 1. The van der Waals surface area contributed by atoms with E-state index < -0.39 is 16.4 Å². The van der Waals surface area contributed by atoms with Gasteiger partial charge in [-0.25, -0.2) is 22.2 Å². The highest BCUT2D eigenvalue weighted by Crippen LogP contribution is 2.22. The van der Waals surface area contributed by atoms with Crippen LogP contribution in [-0.2, 0) is 14.8 Å². The lowest BCUT2D eigenvalue weighted by Crippen LogP contribution is -2.36. The number of sulfonamides is 1. The van der Waals surface area contributed by atoms with Crippen LogP contribution in [0.4, 0.5) is 20.3 Å². The van der Waals surface area contributed by atoms with E-state index in [9.17, 15) is 17.2 Å². The molecule has 0 unspecified atom stereocenters. The average Bonchev–Trinajstić information content (AvgIpc) is 2.63. The lowest BCUT2D eigenvalue weighted by molar-refractivity contribution is 0.122. The molecule has 0 saturated carbocycles. The number of aromatic nitrogens is 1. The Bertz CT molecular complexity index is 806. The number of pyridine rings is 1. The summed E-state index contributed by atoms with van der Waals surface area (Å²) in [5, 5.41) is 0. The molecule has 1 aliphatic rings. The Labute approximate surface area is 144 Å². The van der Waals surface area contributed by atoms with Gasteiger partial charge in [-0.15, -0.1) is 0 Å². The van der Waals surface area contributed by atoms with Crippen LogP contribution in [0.3, 0.4) is 0 Å². The van der Waals surface area contributed by atoms with Gasteiger partial charge in [0.05, 0.1) is 30.0 Å². The first-order valence-corrected chi connectivity index (χ1v) is 9.14. The van der Waals surface area contributed by atoms with Crippen molar-refractivity contribution in [3.63, 3.8) is 0 Å². The first-order valence-electron chi connectivity index (χ1n) is 7.65. The molecule has 1 fully saturated rings. The summed E-state index contributed by atoms with van der Waals surface area (Å²) in [5.41, 5.74) is 0.652. The van der Waals surface area contributed by atoms with Gasteiger partial charge >= 0.3 is 0 Å². The predicted molar refractivity (Wildman–Crippen MR) is 89.5 cm³/mol. The van der Waals surface area contributed by atoms with Crippen LogP contribution in [0.1, 0.15) is 12.0 Å². The van der Waals surface area contributed by atoms with Gasteiger partial charge in [-0.2, -0.15) is 0 Å². The van der Waals surface area contributed by atoms with Crippen molar-refractivity contribution in [1.29, 1.82) is 0 Å². The quantitative estimate of drug-likeness (QED) is 0.877. The summed E-state index contributed by atoms with van der Waals surface area (Å²) < 4.78 is 57.3. The van der Waals surface area contributed by atoms with Crippen LogP contribution in [0.15, 0.2) is 47.5 Å². The van der Waals surface area contributed by atoms with Gasteiger partial charge in [-0.1, -0.05) is 12.1 Å². The van der Waals surface area contributed by atoms with E-state index in [0.717, 1.165) is 43.0 Å². The van der Waals surface area contributed by atoms with Crippen molar-refractivity contribution in [2.45, 2.75) is 11.3 Å². The molecule has 6 nitrogen and oxygen atoms in total. The van der Waals surface area contributed by atoms with Gasteiger partial charge in [0.15, 0.2) is 0 Å². The highest BCUT2D eigenvalue weighted by Gasteiger charge is 2.17. The van der Waals surface area contributed by atoms with E-state index in [1.54, 1.807) is 18.3 Å². The first-order chi connectivity index (χ1) is 12.0. The number of nitrogens with zero attached hydrogens (tertiary/aromatic N) is 2. The monoisotopic (exact) mass is 369 g/mol. The van der Waals surface area contributed by atoms with Gasteiger partial charge in [0.1, 0.15) is 5.82 Å². The molecular formula is C16H17F2N3O3S. The Balaban J connectivity index is 1.72. The number of halogens is 2. The zero-order valence-electron chi connectivity index (χ0n) is 13.2. The summed E-state index contributed by atoms with van der Waals surface area (Å²) in [6, 6.07) is 7.81. The van der Waals surface area contributed by atoms with Crippen LogP contribution in [0, 0.1) is 0 Å². The van der Waals surface area contributed by atoms with Crippen LogP contribution in [0.25, 0.3) is 0 Å². The maximum atomic E-state index is 12.5. The van der Waals surface area contributed by atoms with Crippen LogP contribution < -0.4 is 9.62 Å². The lowest BCUT2D eigenvalue weighted by Gasteiger charge is -2.28. The number of benzene rings is 1. The third kappa shape index (κ3) is 4.23. The van der Waals surface area contributed by atoms with Crippen molar-refractivity contribution in [3.05, 3.63) is 48.2 Å². The molecule has 1 aromatic carbocycles. The third-order valence-corrected chi connectivity index (χ3v) is 5.18. The minimum atomic E-state index is -3.88. The highest BCUT2D eigenvalue weighted by molar-refractivity contribution is 7.92. The largest absolute Gasteiger partial charge is 0.378 e. The summed E-state index contributed by atoms with van der Waals surface area (Å²) in [5.74, 6) is 0.162. The Kier molecular flexibility index (Phi) is 5.14. The molecule has 2 heterocycles. The summed E-state index contributed by atoms with van der Waals surface area (Å²) in [6.45, 7) is 2.79. The molecule has 0 radical (unpaired) electrons. The number of hydrogen-bond acceptors (Lipinski definition) is 5. The summed E-state index contributed by atoms with van der Waals surface area (Å²) in [6.07, 6.45) is -1.05. The topological polar surface area (TPSA) is 71.5 Å². The number of morpholine rings is 1. The molecular weight excluding hydrogens is 352 g/mol. The van der Waals surface area contributed by atoms with E-state index in [2.05, 4.69) is 14.6 Å². The number of nitrogens with one attached hydrogen (secondary N) is 1. The Morgan fingerprint density at radius 1 is 1.08 bits per heavy atom. The summed E-state index contributed by atoms with van der Waals surface area (Å²) in [4.78, 5) is 6.11. The van der Waals surface area contributed by atoms with Gasteiger partial charge in [-0.05, 0) is 24.3 Å². The maximum absolute atomic E-state index is 12.5. The van der Waals surface area contributed by atoms with E-state index in [-0.39, 0.29) is 16.3 Å². The Morgan fingerprint density at radius 3 is 2.32 bits per heavy atom. The number of rotatable bonds is 5. The van der Waals surface area contributed by atoms with E-state index >= 15 is 0 Å². The van der Waals surface area contributed by atoms with Crippen LogP contribution in [-0.4, -0.2) is 39.7 Å². The fraction of sp³-hybridized carbons (Fsp3) is 0.312. The highest BCUT2D eigenvalue weighted by atomic mass is 32.2. The fourth-order valence-corrected chi connectivity index (χ4v) is 3.45. The molecule has 1 aromatic heterocycles. The second-order valence-electron chi connectivity index (χ2n) is 5.48. The van der Waals surface area contributed by atoms with Gasteiger partial charge in [0.2, 0.25) is 0 Å². The molecule has 0 bridgehead atoms. The van der Waals surface area contributed by atoms with Crippen molar-refractivity contribution in [3.8, 4) is 0 Å². The van der Waals surface area contributed by atoms with E-state index in [1.165, 1.54) is 0 Å². The molecule has 134 valence electrons. The molecule has 0 atom stereocenters. The fourth-order valence-electron chi connectivity index (χ4n) is 2.44. The molecule has 2 aromatic rings. The molecule has 1 saturated heterocycles. The Morgan fingerprint density at radius 2 is 1.76 bits per heavy atom. The second-order valence-corrected chi connectivity index (χ2v) is 7.16. The minimum Gasteiger partial charge on any atom is -0.378 e. The van der Waals surface area contributed by atoms with Gasteiger partial charge < -0.3 is 9.64 Å².